The summed E-state index contributed by atoms with van der Waals surface area (Å²) < 4.78 is 2.55. The molecule has 0 spiro atoms. The largest absolute Gasteiger partial charge is 0.335 e. The average Bonchev–Trinajstić information content (AvgIpc) is 3.15. The maximum Gasteiger partial charge on any atom is 0.0946 e. The van der Waals surface area contributed by atoms with Crippen molar-refractivity contribution in [2.45, 2.75) is 67.7 Å². The fourth-order valence-corrected chi connectivity index (χ4v) is 7.70. The molecule has 142 valence electrons. The van der Waals surface area contributed by atoms with Crippen LogP contribution in [0.4, 0.5) is 0 Å². The van der Waals surface area contributed by atoms with Crippen molar-refractivity contribution in [3.8, 4) is 0 Å². The third-order valence-electron chi connectivity index (χ3n) is 4.99. The molecule has 2 aromatic rings. The minimum atomic E-state index is 0.282. The number of aryl methyl sites for hydroxylation is 1. The highest BCUT2D eigenvalue weighted by atomic mass is 35.5. The fourth-order valence-electron chi connectivity index (χ4n) is 3.57. The van der Waals surface area contributed by atoms with E-state index in [9.17, 15) is 0 Å². The lowest BCUT2D eigenvalue weighted by atomic mass is 10.1. The van der Waals surface area contributed by atoms with Gasteiger partial charge in [-0.25, -0.2) is 4.98 Å². The Morgan fingerprint density at radius 3 is 2.85 bits per heavy atom. The maximum absolute atomic E-state index is 6.01. The maximum atomic E-state index is 6.01. The van der Waals surface area contributed by atoms with Crippen LogP contribution in [0, 0.1) is 0 Å². The zero-order valence-corrected chi connectivity index (χ0v) is 18.0. The van der Waals surface area contributed by atoms with E-state index in [4.69, 9.17) is 11.6 Å². The van der Waals surface area contributed by atoms with Gasteiger partial charge < -0.3 is 4.57 Å². The number of benzene rings is 1. The van der Waals surface area contributed by atoms with Crippen molar-refractivity contribution in [2.24, 2.45) is 0 Å². The SMILES string of the molecule is CCCCC1CCSC(CCCc2ccc(Cl)cc2)(Cn2ccnc2)S1. The van der Waals surface area contributed by atoms with E-state index in [0.717, 1.165) is 23.2 Å². The van der Waals surface area contributed by atoms with Crippen LogP contribution in [0.3, 0.4) is 0 Å². The molecule has 1 aromatic carbocycles. The summed E-state index contributed by atoms with van der Waals surface area (Å²) in [5, 5.41) is 1.64. The highest BCUT2D eigenvalue weighted by Gasteiger charge is 2.37. The van der Waals surface area contributed by atoms with Crippen LogP contribution in [0.25, 0.3) is 0 Å². The Balaban J connectivity index is 1.63. The molecule has 1 fully saturated rings. The summed E-state index contributed by atoms with van der Waals surface area (Å²) >= 11 is 10.4. The molecule has 1 aromatic heterocycles. The Kier molecular flexibility index (Phi) is 7.83. The molecule has 1 aliphatic heterocycles. The smallest absolute Gasteiger partial charge is 0.0946 e. The van der Waals surface area contributed by atoms with E-state index in [1.54, 1.807) is 0 Å². The molecule has 1 saturated heterocycles. The second-order valence-electron chi connectivity index (χ2n) is 7.14. The topological polar surface area (TPSA) is 17.8 Å². The summed E-state index contributed by atoms with van der Waals surface area (Å²) in [5.74, 6) is 1.29. The van der Waals surface area contributed by atoms with E-state index < -0.39 is 0 Å². The number of rotatable bonds is 9. The Morgan fingerprint density at radius 1 is 1.27 bits per heavy atom. The molecule has 2 atom stereocenters. The molecule has 0 saturated carbocycles. The quantitative estimate of drug-likeness (QED) is 0.460. The Hall–Kier alpha value is -0.580. The first kappa shape index (κ1) is 20.2. The van der Waals surface area contributed by atoms with Crippen LogP contribution in [0.2, 0.25) is 5.02 Å². The van der Waals surface area contributed by atoms with E-state index in [-0.39, 0.29) is 4.08 Å². The zero-order chi connectivity index (χ0) is 18.2. The Morgan fingerprint density at radius 2 is 2.12 bits per heavy atom. The van der Waals surface area contributed by atoms with Crippen molar-refractivity contribution in [1.82, 2.24) is 9.55 Å². The lowest BCUT2D eigenvalue weighted by Crippen LogP contribution is -2.34. The van der Waals surface area contributed by atoms with Crippen LogP contribution in [-0.2, 0) is 13.0 Å². The molecular weight excluding hydrogens is 380 g/mol. The first-order valence-corrected chi connectivity index (χ1v) is 12.0. The van der Waals surface area contributed by atoms with Crippen LogP contribution >= 0.6 is 35.1 Å². The molecule has 26 heavy (non-hydrogen) atoms. The molecule has 0 N–H and O–H groups in total. The first-order valence-electron chi connectivity index (χ1n) is 9.71. The van der Waals surface area contributed by atoms with Gasteiger partial charge in [-0.05, 0) is 55.6 Å². The van der Waals surface area contributed by atoms with Gasteiger partial charge in [0.2, 0.25) is 0 Å². The van der Waals surface area contributed by atoms with Gasteiger partial charge in [-0.2, -0.15) is 0 Å². The fraction of sp³-hybridized carbons (Fsp3) is 0.571. The number of unbranched alkanes of at least 4 members (excludes halogenated alkanes) is 1. The van der Waals surface area contributed by atoms with Gasteiger partial charge in [-0.15, -0.1) is 23.5 Å². The van der Waals surface area contributed by atoms with Crippen LogP contribution in [0.15, 0.2) is 43.0 Å². The number of nitrogens with zero attached hydrogens (tertiary/aromatic N) is 2. The third-order valence-corrected chi connectivity index (χ3v) is 8.75. The van der Waals surface area contributed by atoms with E-state index in [1.807, 2.05) is 24.7 Å². The van der Waals surface area contributed by atoms with E-state index in [0.29, 0.717) is 0 Å². The highest BCUT2D eigenvalue weighted by Crippen LogP contribution is 2.51. The third kappa shape index (κ3) is 5.97. The molecule has 0 amide bonds. The summed E-state index contributed by atoms with van der Waals surface area (Å²) in [5.41, 5.74) is 1.39. The van der Waals surface area contributed by atoms with E-state index in [2.05, 4.69) is 58.3 Å². The molecule has 0 bridgehead atoms. The number of hydrogen-bond acceptors (Lipinski definition) is 3. The van der Waals surface area contributed by atoms with Gasteiger partial charge in [-0.3, -0.25) is 0 Å². The van der Waals surface area contributed by atoms with Gasteiger partial charge in [0.1, 0.15) is 0 Å². The van der Waals surface area contributed by atoms with Crippen molar-refractivity contribution in [3.63, 3.8) is 0 Å². The molecule has 2 nitrogen and oxygen atoms in total. The van der Waals surface area contributed by atoms with Gasteiger partial charge in [-0.1, -0.05) is 43.5 Å². The summed E-state index contributed by atoms with van der Waals surface area (Å²) in [6.07, 6.45) is 14.9. The summed E-state index contributed by atoms with van der Waals surface area (Å²) in [4.78, 5) is 4.26. The molecule has 5 heteroatoms. The summed E-state index contributed by atoms with van der Waals surface area (Å²) in [7, 11) is 0. The van der Waals surface area contributed by atoms with E-state index >= 15 is 0 Å². The molecule has 3 rings (SSSR count). The molecular formula is C21H29ClN2S2. The standard InChI is InChI=1S/C21H29ClN2S2/c1-2-3-6-20-11-15-25-21(26-20,16-24-14-13-23-17-24)12-4-5-18-7-9-19(22)10-8-18/h7-10,13-14,17,20H,2-6,11-12,15-16H2,1H3. The molecule has 0 radical (unpaired) electrons. The summed E-state index contributed by atoms with van der Waals surface area (Å²) in [6.45, 7) is 3.36. The van der Waals surface area contributed by atoms with Crippen LogP contribution in [0.5, 0.6) is 0 Å². The first-order chi connectivity index (χ1) is 12.7. The Bertz CT molecular complexity index is 645. The summed E-state index contributed by atoms with van der Waals surface area (Å²) in [6, 6.07) is 8.33. The van der Waals surface area contributed by atoms with E-state index in [1.165, 1.54) is 49.8 Å². The molecule has 2 heterocycles. The molecule has 1 aliphatic rings. The lowest BCUT2D eigenvalue weighted by molar-refractivity contribution is 0.555. The number of halogens is 1. The van der Waals surface area contributed by atoms with Crippen LogP contribution in [0.1, 0.15) is 51.0 Å². The molecule has 2 unspecified atom stereocenters. The Labute approximate surface area is 171 Å². The zero-order valence-electron chi connectivity index (χ0n) is 15.6. The second kappa shape index (κ2) is 10.1. The van der Waals surface area contributed by atoms with Crippen LogP contribution in [-0.4, -0.2) is 24.6 Å². The predicted octanol–water partition coefficient (Wildman–Crippen LogP) is 6.68. The van der Waals surface area contributed by atoms with Gasteiger partial charge in [0.25, 0.3) is 0 Å². The average molecular weight is 409 g/mol. The van der Waals surface area contributed by atoms with Crippen LogP contribution < -0.4 is 0 Å². The number of aromatic nitrogens is 2. The minimum Gasteiger partial charge on any atom is -0.335 e. The van der Waals surface area contributed by atoms with Gasteiger partial charge in [0.15, 0.2) is 0 Å². The van der Waals surface area contributed by atoms with Gasteiger partial charge in [0, 0.05) is 29.2 Å². The van der Waals surface area contributed by atoms with Crippen molar-refractivity contribution in [2.75, 3.05) is 5.75 Å². The number of imidazole rings is 1. The number of hydrogen-bond donors (Lipinski definition) is 0. The van der Waals surface area contributed by atoms with Crippen molar-refractivity contribution in [3.05, 3.63) is 53.6 Å². The molecule has 0 aliphatic carbocycles. The normalized spacial score (nSPS) is 23.2. The predicted molar refractivity (Wildman–Crippen MR) is 117 cm³/mol. The van der Waals surface area contributed by atoms with Crippen molar-refractivity contribution in [1.29, 1.82) is 0 Å². The minimum absolute atomic E-state index is 0.282. The highest BCUT2D eigenvalue weighted by molar-refractivity contribution is 8.19. The van der Waals surface area contributed by atoms with Gasteiger partial charge >= 0.3 is 0 Å². The monoisotopic (exact) mass is 408 g/mol. The number of thioether (sulfide) groups is 2. The van der Waals surface area contributed by atoms with Crippen molar-refractivity contribution < 1.29 is 0 Å². The second-order valence-corrected chi connectivity index (χ2v) is 11.0. The van der Waals surface area contributed by atoms with Crippen molar-refractivity contribution >= 4 is 35.1 Å². The van der Waals surface area contributed by atoms with Gasteiger partial charge in [0.05, 0.1) is 10.4 Å². The lowest BCUT2D eigenvalue weighted by Gasteiger charge is -2.40.